The average molecular weight is 323 g/mol. The van der Waals surface area contributed by atoms with Crippen LogP contribution in [0.5, 0.6) is 0 Å². The zero-order valence-electron chi connectivity index (χ0n) is 13.9. The van der Waals surface area contributed by atoms with Gasteiger partial charge in [-0.25, -0.2) is 9.18 Å². The highest BCUT2D eigenvalue weighted by atomic mass is 19.1. The highest BCUT2D eigenvalue weighted by Crippen LogP contribution is 2.16. The fourth-order valence-electron chi connectivity index (χ4n) is 2.54. The maximum atomic E-state index is 13.6. The van der Waals surface area contributed by atoms with Crippen LogP contribution in [0, 0.1) is 12.7 Å². The Hall–Kier alpha value is -1.66. The SMILES string of the molecule is Cc1ccc([C@@H](C)NC(=O)NCCCN2CCOCC2)cc1F. The summed E-state index contributed by atoms with van der Waals surface area (Å²) in [4.78, 5) is 14.2. The van der Waals surface area contributed by atoms with Gasteiger partial charge in [0.15, 0.2) is 0 Å². The lowest BCUT2D eigenvalue weighted by molar-refractivity contribution is 0.0375. The van der Waals surface area contributed by atoms with Crippen LogP contribution in [0.4, 0.5) is 9.18 Å². The summed E-state index contributed by atoms with van der Waals surface area (Å²) in [5.74, 6) is -0.248. The zero-order valence-corrected chi connectivity index (χ0v) is 13.9. The molecule has 23 heavy (non-hydrogen) atoms. The van der Waals surface area contributed by atoms with Crippen molar-refractivity contribution in [2.24, 2.45) is 0 Å². The number of urea groups is 1. The number of rotatable bonds is 6. The van der Waals surface area contributed by atoms with Crippen LogP contribution in [0.25, 0.3) is 0 Å². The van der Waals surface area contributed by atoms with Crippen molar-refractivity contribution in [2.75, 3.05) is 39.4 Å². The van der Waals surface area contributed by atoms with Crippen molar-refractivity contribution < 1.29 is 13.9 Å². The Morgan fingerprint density at radius 2 is 2.13 bits per heavy atom. The maximum Gasteiger partial charge on any atom is 0.315 e. The number of amides is 2. The van der Waals surface area contributed by atoms with E-state index in [0.717, 1.165) is 44.8 Å². The van der Waals surface area contributed by atoms with Crippen molar-refractivity contribution in [1.29, 1.82) is 0 Å². The highest BCUT2D eigenvalue weighted by Gasteiger charge is 2.12. The summed E-state index contributed by atoms with van der Waals surface area (Å²) in [6.45, 7) is 8.65. The Morgan fingerprint density at radius 3 is 2.83 bits per heavy atom. The topological polar surface area (TPSA) is 53.6 Å². The summed E-state index contributed by atoms with van der Waals surface area (Å²) >= 11 is 0. The molecule has 2 rings (SSSR count). The minimum atomic E-state index is -0.248. The molecular weight excluding hydrogens is 297 g/mol. The van der Waals surface area contributed by atoms with Gasteiger partial charge in [-0.05, 0) is 44.0 Å². The number of hydrogen-bond acceptors (Lipinski definition) is 3. The van der Waals surface area contributed by atoms with Crippen molar-refractivity contribution in [1.82, 2.24) is 15.5 Å². The van der Waals surface area contributed by atoms with E-state index in [1.807, 2.05) is 13.0 Å². The van der Waals surface area contributed by atoms with E-state index in [-0.39, 0.29) is 17.9 Å². The molecule has 1 aliphatic rings. The first-order chi connectivity index (χ1) is 11.1. The number of benzene rings is 1. The molecule has 2 N–H and O–H groups in total. The third kappa shape index (κ3) is 5.80. The summed E-state index contributed by atoms with van der Waals surface area (Å²) in [5.41, 5.74) is 1.37. The van der Waals surface area contributed by atoms with Gasteiger partial charge < -0.3 is 15.4 Å². The van der Waals surface area contributed by atoms with Crippen LogP contribution >= 0.6 is 0 Å². The van der Waals surface area contributed by atoms with Crippen LogP contribution in [-0.4, -0.2) is 50.3 Å². The second-order valence-electron chi connectivity index (χ2n) is 5.94. The molecule has 1 atom stereocenters. The molecule has 1 heterocycles. The van der Waals surface area contributed by atoms with Crippen LogP contribution in [0.1, 0.15) is 30.5 Å². The molecular formula is C17H26FN3O2. The lowest BCUT2D eigenvalue weighted by atomic mass is 10.1. The number of halogens is 1. The van der Waals surface area contributed by atoms with E-state index in [9.17, 15) is 9.18 Å². The van der Waals surface area contributed by atoms with Gasteiger partial charge in [0.05, 0.1) is 19.3 Å². The molecule has 5 nitrogen and oxygen atoms in total. The number of aryl methyl sites for hydroxylation is 1. The van der Waals surface area contributed by atoms with Crippen LogP contribution < -0.4 is 10.6 Å². The van der Waals surface area contributed by atoms with Crippen LogP contribution in [-0.2, 0) is 4.74 Å². The molecule has 6 heteroatoms. The molecule has 1 fully saturated rings. The highest BCUT2D eigenvalue weighted by molar-refractivity contribution is 5.74. The van der Waals surface area contributed by atoms with Gasteiger partial charge in [0.2, 0.25) is 0 Å². The number of carbonyl (C=O) groups is 1. The van der Waals surface area contributed by atoms with E-state index < -0.39 is 0 Å². The van der Waals surface area contributed by atoms with Crippen LogP contribution in [0.2, 0.25) is 0 Å². The maximum absolute atomic E-state index is 13.6. The third-order valence-corrected chi connectivity index (χ3v) is 4.08. The van der Waals surface area contributed by atoms with E-state index in [1.165, 1.54) is 6.07 Å². The molecule has 0 aliphatic carbocycles. The molecule has 0 saturated carbocycles. The van der Waals surface area contributed by atoms with Crippen molar-refractivity contribution in [3.05, 3.63) is 35.1 Å². The number of morpholine rings is 1. The zero-order chi connectivity index (χ0) is 16.7. The summed E-state index contributed by atoms with van der Waals surface area (Å²) in [7, 11) is 0. The largest absolute Gasteiger partial charge is 0.379 e. The van der Waals surface area contributed by atoms with Crippen LogP contribution in [0.3, 0.4) is 0 Å². The predicted molar refractivity (Wildman–Crippen MR) is 88.0 cm³/mol. The Labute approximate surface area is 137 Å². The van der Waals surface area contributed by atoms with Gasteiger partial charge >= 0.3 is 6.03 Å². The van der Waals surface area contributed by atoms with Crippen molar-refractivity contribution in [3.63, 3.8) is 0 Å². The number of ether oxygens (including phenoxy) is 1. The van der Waals surface area contributed by atoms with Gasteiger partial charge in [0, 0.05) is 19.6 Å². The summed E-state index contributed by atoms with van der Waals surface area (Å²) in [6, 6.07) is 4.58. The molecule has 2 amide bonds. The first-order valence-electron chi connectivity index (χ1n) is 8.17. The van der Waals surface area contributed by atoms with Gasteiger partial charge in [-0.3, -0.25) is 4.90 Å². The second kappa shape index (κ2) is 8.84. The van der Waals surface area contributed by atoms with Crippen LogP contribution in [0.15, 0.2) is 18.2 Å². The van der Waals surface area contributed by atoms with Gasteiger partial charge in [-0.2, -0.15) is 0 Å². The fourth-order valence-corrected chi connectivity index (χ4v) is 2.54. The smallest absolute Gasteiger partial charge is 0.315 e. The van der Waals surface area contributed by atoms with Gasteiger partial charge in [0.25, 0.3) is 0 Å². The lowest BCUT2D eigenvalue weighted by Crippen LogP contribution is -2.40. The Morgan fingerprint density at radius 1 is 1.39 bits per heavy atom. The Kier molecular flexibility index (Phi) is 6.80. The van der Waals surface area contributed by atoms with Crippen molar-refractivity contribution >= 4 is 6.03 Å². The molecule has 1 aromatic carbocycles. The molecule has 1 aromatic rings. The third-order valence-electron chi connectivity index (χ3n) is 4.08. The van der Waals surface area contributed by atoms with Gasteiger partial charge in [-0.15, -0.1) is 0 Å². The quantitative estimate of drug-likeness (QED) is 0.789. The number of hydrogen-bond donors (Lipinski definition) is 2. The van der Waals surface area contributed by atoms with Crippen molar-refractivity contribution in [2.45, 2.75) is 26.3 Å². The molecule has 1 aliphatic heterocycles. The Bertz CT molecular complexity index is 519. The monoisotopic (exact) mass is 323 g/mol. The molecule has 0 radical (unpaired) electrons. The standard InChI is InChI=1S/C17H26FN3O2/c1-13-4-5-15(12-16(13)18)14(2)20-17(22)19-6-3-7-21-8-10-23-11-9-21/h4-5,12,14H,3,6-11H2,1-2H3,(H2,19,20,22)/t14-/m1/s1. The molecule has 0 bridgehead atoms. The number of nitrogens with one attached hydrogen (secondary N) is 2. The second-order valence-corrected chi connectivity index (χ2v) is 5.94. The first kappa shape index (κ1) is 17.7. The normalized spacial score (nSPS) is 16.8. The molecule has 0 spiro atoms. The summed E-state index contributed by atoms with van der Waals surface area (Å²) < 4.78 is 18.9. The minimum absolute atomic E-state index is 0.222. The van der Waals surface area contributed by atoms with E-state index in [0.29, 0.717) is 12.1 Å². The van der Waals surface area contributed by atoms with E-state index in [1.54, 1.807) is 13.0 Å². The lowest BCUT2D eigenvalue weighted by Gasteiger charge is -2.26. The number of carbonyl (C=O) groups excluding carboxylic acids is 1. The first-order valence-corrected chi connectivity index (χ1v) is 8.17. The van der Waals surface area contributed by atoms with Gasteiger partial charge in [0.1, 0.15) is 5.82 Å². The summed E-state index contributed by atoms with van der Waals surface area (Å²) in [6.07, 6.45) is 0.904. The van der Waals surface area contributed by atoms with E-state index >= 15 is 0 Å². The van der Waals surface area contributed by atoms with Gasteiger partial charge in [-0.1, -0.05) is 12.1 Å². The molecule has 0 aromatic heterocycles. The summed E-state index contributed by atoms with van der Waals surface area (Å²) in [5, 5.41) is 5.68. The number of nitrogens with zero attached hydrogens (tertiary/aromatic N) is 1. The van der Waals surface area contributed by atoms with Crippen molar-refractivity contribution in [3.8, 4) is 0 Å². The average Bonchev–Trinajstić information content (AvgIpc) is 2.55. The van der Waals surface area contributed by atoms with E-state index in [2.05, 4.69) is 15.5 Å². The predicted octanol–water partition coefficient (Wildman–Crippen LogP) is 2.22. The minimum Gasteiger partial charge on any atom is -0.379 e. The Balaban J connectivity index is 1.66. The fraction of sp³-hybridized carbons (Fsp3) is 0.588. The van der Waals surface area contributed by atoms with E-state index in [4.69, 9.17) is 4.74 Å². The molecule has 128 valence electrons. The molecule has 0 unspecified atom stereocenters. The molecule has 1 saturated heterocycles.